The van der Waals surface area contributed by atoms with Crippen LogP contribution in [0.15, 0.2) is 0 Å². The summed E-state index contributed by atoms with van der Waals surface area (Å²) in [6, 6.07) is 0. The maximum absolute atomic E-state index is 11.5. The van der Waals surface area contributed by atoms with Gasteiger partial charge in [0.15, 0.2) is 0 Å². The highest BCUT2D eigenvalue weighted by Crippen LogP contribution is 2.47. The lowest BCUT2D eigenvalue weighted by atomic mass is 10.0. The Balaban J connectivity index is 2.00. The standard InChI is InChI=1S/C8H14OS3/c9-12-8-6-4-2-1-3-5-7(8)10-11-12/h7-8H,1-6H2/t7-,8+,12?/m1/s1. The van der Waals surface area contributed by atoms with Gasteiger partial charge in [-0.3, -0.25) is 0 Å². The monoisotopic (exact) mass is 222 g/mol. The van der Waals surface area contributed by atoms with Crippen molar-refractivity contribution in [3.8, 4) is 0 Å². The molecule has 3 atom stereocenters. The second kappa shape index (κ2) is 4.38. The maximum Gasteiger partial charge on any atom is 0.0954 e. The number of hydrogen-bond donors (Lipinski definition) is 0. The van der Waals surface area contributed by atoms with E-state index < -0.39 is 9.83 Å². The Labute approximate surface area is 83.7 Å². The zero-order valence-corrected chi connectivity index (χ0v) is 9.48. The normalized spacial score (nSPS) is 43.2. The van der Waals surface area contributed by atoms with E-state index in [1.165, 1.54) is 38.5 Å². The molecule has 2 rings (SSSR count). The molecule has 2 fully saturated rings. The van der Waals surface area contributed by atoms with Gasteiger partial charge < -0.3 is 0 Å². The van der Waals surface area contributed by atoms with E-state index in [-0.39, 0.29) is 0 Å². The van der Waals surface area contributed by atoms with Crippen LogP contribution in [0.4, 0.5) is 0 Å². The molecule has 0 aromatic heterocycles. The highest BCUT2D eigenvalue weighted by Gasteiger charge is 2.35. The molecule has 12 heavy (non-hydrogen) atoms. The Bertz CT molecular complexity index is 183. The molecule has 1 saturated heterocycles. The average Bonchev–Trinajstić information content (AvgIpc) is 2.31. The Kier molecular flexibility index (Phi) is 3.43. The second-order valence-corrected chi connectivity index (χ2v) is 8.75. The summed E-state index contributed by atoms with van der Waals surface area (Å²) < 4.78 is 11.5. The minimum Gasteiger partial charge on any atom is -0.247 e. The highest BCUT2D eigenvalue weighted by molar-refractivity contribution is 9.07. The fourth-order valence-electron chi connectivity index (χ4n) is 1.89. The Morgan fingerprint density at radius 3 is 2.67 bits per heavy atom. The molecule has 2 aliphatic rings. The van der Waals surface area contributed by atoms with E-state index in [4.69, 9.17) is 0 Å². The average molecular weight is 222 g/mol. The SMILES string of the molecule is O=S1SS[C@@H]2CCCCCC[C@@H]21. The zero-order valence-electron chi connectivity index (χ0n) is 7.03. The molecule has 0 bridgehead atoms. The first-order valence-corrected chi connectivity index (χ1v) is 8.56. The van der Waals surface area contributed by atoms with E-state index in [0.717, 1.165) is 0 Å². The van der Waals surface area contributed by atoms with Crippen LogP contribution >= 0.6 is 20.6 Å². The fourth-order valence-corrected chi connectivity index (χ4v) is 9.06. The van der Waals surface area contributed by atoms with Crippen molar-refractivity contribution in [3.63, 3.8) is 0 Å². The summed E-state index contributed by atoms with van der Waals surface area (Å²) in [6.07, 6.45) is 7.90. The van der Waals surface area contributed by atoms with Gasteiger partial charge in [0.05, 0.1) is 15.1 Å². The van der Waals surface area contributed by atoms with Gasteiger partial charge >= 0.3 is 0 Å². The Morgan fingerprint density at radius 1 is 1.08 bits per heavy atom. The lowest BCUT2D eigenvalue weighted by Gasteiger charge is -2.18. The third kappa shape index (κ3) is 2.02. The van der Waals surface area contributed by atoms with Crippen molar-refractivity contribution >= 4 is 30.5 Å². The minimum absolute atomic E-state index is 0.514. The number of rotatable bonds is 0. The third-order valence-corrected chi connectivity index (χ3v) is 8.91. The maximum atomic E-state index is 11.5. The van der Waals surface area contributed by atoms with E-state index in [2.05, 4.69) is 0 Å². The van der Waals surface area contributed by atoms with Crippen LogP contribution in [-0.4, -0.2) is 14.7 Å². The van der Waals surface area contributed by atoms with Gasteiger partial charge in [-0.2, -0.15) is 0 Å². The Hall–Kier alpha value is 0.850. The summed E-state index contributed by atoms with van der Waals surface area (Å²) in [4.78, 5) is 0. The molecule has 0 radical (unpaired) electrons. The van der Waals surface area contributed by atoms with Crippen LogP contribution in [-0.2, 0) is 9.83 Å². The van der Waals surface area contributed by atoms with E-state index in [1.807, 2.05) is 10.8 Å². The molecule has 70 valence electrons. The van der Waals surface area contributed by atoms with E-state index >= 15 is 0 Å². The van der Waals surface area contributed by atoms with Gasteiger partial charge in [0.2, 0.25) is 0 Å². The van der Waals surface area contributed by atoms with Crippen molar-refractivity contribution in [2.45, 2.75) is 49.0 Å². The number of fused-ring (bicyclic) bond motifs is 1. The molecule has 0 N–H and O–H groups in total. The predicted octanol–water partition coefficient (Wildman–Crippen LogP) is 3.14. The van der Waals surface area contributed by atoms with Crippen LogP contribution in [0.1, 0.15) is 38.5 Å². The summed E-state index contributed by atoms with van der Waals surface area (Å²) in [6.45, 7) is 0. The Morgan fingerprint density at radius 2 is 1.83 bits per heavy atom. The predicted molar refractivity (Wildman–Crippen MR) is 58.6 cm³/mol. The summed E-state index contributed by atoms with van der Waals surface area (Å²) in [5.41, 5.74) is 0. The van der Waals surface area contributed by atoms with Gasteiger partial charge in [-0.25, -0.2) is 4.21 Å². The van der Waals surface area contributed by atoms with E-state index in [0.29, 0.717) is 10.5 Å². The van der Waals surface area contributed by atoms with E-state index in [1.54, 1.807) is 9.83 Å². The van der Waals surface area contributed by atoms with Crippen molar-refractivity contribution in [1.82, 2.24) is 0 Å². The molecule has 0 amide bonds. The van der Waals surface area contributed by atoms with Crippen molar-refractivity contribution in [1.29, 1.82) is 0 Å². The lowest BCUT2D eigenvalue weighted by Crippen LogP contribution is -2.22. The molecule has 0 spiro atoms. The molecule has 1 aliphatic heterocycles. The summed E-state index contributed by atoms with van der Waals surface area (Å²) in [7, 11) is 2.90. The van der Waals surface area contributed by atoms with Crippen LogP contribution in [0.2, 0.25) is 0 Å². The first-order valence-electron chi connectivity index (χ1n) is 4.62. The molecule has 1 unspecified atom stereocenters. The van der Waals surface area contributed by atoms with Crippen LogP contribution in [0, 0.1) is 0 Å². The smallest absolute Gasteiger partial charge is 0.0954 e. The van der Waals surface area contributed by atoms with Crippen molar-refractivity contribution in [2.24, 2.45) is 0 Å². The molecule has 1 saturated carbocycles. The second-order valence-electron chi connectivity index (χ2n) is 3.49. The molecular weight excluding hydrogens is 208 g/mol. The molecule has 0 aromatic rings. The van der Waals surface area contributed by atoms with Gasteiger partial charge in [0.25, 0.3) is 0 Å². The zero-order chi connectivity index (χ0) is 8.39. The molecule has 4 heteroatoms. The number of hydrogen-bond acceptors (Lipinski definition) is 3. The first-order chi connectivity index (χ1) is 5.88. The molecule has 1 aliphatic carbocycles. The summed E-state index contributed by atoms with van der Waals surface area (Å²) in [5, 5.41) is 1.22. The van der Waals surface area contributed by atoms with Crippen LogP contribution < -0.4 is 0 Å². The molecule has 1 heterocycles. The van der Waals surface area contributed by atoms with Gasteiger partial charge in [-0.15, -0.1) is 0 Å². The molecular formula is C8H14OS3. The van der Waals surface area contributed by atoms with Gasteiger partial charge in [0.1, 0.15) is 0 Å². The van der Waals surface area contributed by atoms with Crippen LogP contribution in [0.5, 0.6) is 0 Å². The topological polar surface area (TPSA) is 17.1 Å². The lowest BCUT2D eigenvalue weighted by molar-refractivity contribution is 0.517. The quantitative estimate of drug-likeness (QED) is 0.586. The van der Waals surface area contributed by atoms with Gasteiger partial charge in [0, 0.05) is 15.1 Å². The largest absolute Gasteiger partial charge is 0.247 e. The molecule has 0 aromatic carbocycles. The highest BCUT2D eigenvalue weighted by atomic mass is 33.5. The van der Waals surface area contributed by atoms with Crippen molar-refractivity contribution in [2.75, 3.05) is 0 Å². The van der Waals surface area contributed by atoms with Crippen molar-refractivity contribution in [3.05, 3.63) is 0 Å². The first kappa shape index (κ1) is 9.41. The third-order valence-electron chi connectivity index (χ3n) is 2.62. The van der Waals surface area contributed by atoms with Crippen LogP contribution in [0.3, 0.4) is 0 Å². The summed E-state index contributed by atoms with van der Waals surface area (Å²) >= 11 is 0. The minimum atomic E-state index is -0.579. The van der Waals surface area contributed by atoms with Crippen molar-refractivity contribution < 1.29 is 4.21 Å². The van der Waals surface area contributed by atoms with Gasteiger partial charge in [-0.05, 0) is 12.8 Å². The van der Waals surface area contributed by atoms with Crippen LogP contribution in [0.25, 0.3) is 0 Å². The van der Waals surface area contributed by atoms with Gasteiger partial charge in [-0.1, -0.05) is 36.5 Å². The van der Waals surface area contributed by atoms with E-state index in [9.17, 15) is 4.21 Å². The summed E-state index contributed by atoms with van der Waals surface area (Å²) in [5.74, 6) is 0. The fraction of sp³-hybridized carbons (Fsp3) is 1.00. The molecule has 1 nitrogen and oxygen atoms in total.